The number of halogens is 1. The van der Waals surface area contributed by atoms with E-state index < -0.39 is 0 Å². The summed E-state index contributed by atoms with van der Waals surface area (Å²) in [5.74, 6) is 0.0809. The lowest BCUT2D eigenvalue weighted by atomic mass is 9.86. The minimum atomic E-state index is -0.0583. The molecule has 1 aromatic carbocycles. The van der Waals surface area contributed by atoms with Crippen LogP contribution in [0.15, 0.2) is 30.5 Å². The van der Waals surface area contributed by atoms with Crippen LogP contribution < -0.4 is 10.2 Å². The molecule has 1 amide bonds. The normalized spacial score (nSPS) is 23.1. The number of anilines is 1. The number of carbonyl (C=O) groups excluding carboxylic acids is 1. The number of fused-ring (bicyclic) bond motifs is 1. The number of aryl methyl sites for hydroxylation is 1. The lowest BCUT2D eigenvalue weighted by Gasteiger charge is -2.24. The Morgan fingerprint density at radius 1 is 1.29 bits per heavy atom. The number of hydrogen-bond donors (Lipinski definition) is 2. The fraction of sp³-hybridized carbons (Fsp3) is 0.444. The molecule has 2 N–H and O–H groups in total. The monoisotopic (exact) mass is 344 g/mol. The Labute approximate surface area is 146 Å². The minimum absolute atomic E-state index is 0.0583. The summed E-state index contributed by atoms with van der Waals surface area (Å²) in [6.45, 7) is 1.80. The lowest BCUT2D eigenvalue weighted by molar-refractivity contribution is -0.123. The van der Waals surface area contributed by atoms with Crippen LogP contribution in [0.4, 0.5) is 5.69 Å². The summed E-state index contributed by atoms with van der Waals surface area (Å²) in [5.41, 5.74) is 3.35. The van der Waals surface area contributed by atoms with Gasteiger partial charge in [-0.1, -0.05) is 11.6 Å². The van der Waals surface area contributed by atoms with Crippen molar-refractivity contribution >= 4 is 23.2 Å². The highest BCUT2D eigenvalue weighted by atomic mass is 35.5. The molecule has 1 aliphatic carbocycles. The molecule has 1 saturated heterocycles. The number of aromatic nitrogens is 2. The molecule has 24 heavy (non-hydrogen) atoms. The number of carbonyl (C=O) groups is 1. The Balaban J connectivity index is 1.39. The molecule has 126 valence electrons. The SMILES string of the molecule is O=C(N[C@H]1CCN(c2ccc(Cl)cc2)C1)[C@@H]1CCCc2[nH]ncc21. The molecule has 6 heteroatoms. The van der Waals surface area contributed by atoms with Crippen LogP contribution in [0.3, 0.4) is 0 Å². The molecule has 0 bridgehead atoms. The molecule has 2 atom stereocenters. The van der Waals surface area contributed by atoms with Gasteiger partial charge in [-0.05, 0) is 49.9 Å². The second-order valence-electron chi connectivity index (χ2n) is 6.67. The van der Waals surface area contributed by atoms with Gasteiger partial charge in [-0.15, -0.1) is 0 Å². The van der Waals surface area contributed by atoms with Gasteiger partial charge >= 0.3 is 0 Å². The zero-order valence-electron chi connectivity index (χ0n) is 13.5. The van der Waals surface area contributed by atoms with Gasteiger partial charge in [0.15, 0.2) is 0 Å². The van der Waals surface area contributed by atoms with E-state index in [4.69, 9.17) is 11.6 Å². The number of H-pyrrole nitrogens is 1. The first-order chi connectivity index (χ1) is 11.7. The third kappa shape index (κ3) is 3.00. The largest absolute Gasteiger partial charge is 0.369 e. The Bertz CT molecular complexity index is 727. The van der Waals surface area contributed by atoms with Crippen LogP contribution in [0.1, 0.15) is 36.4 Å². The molecule has 0 spiro atoms. The summed E-state index contributed by atoms with van der Waals surface area (Å²) in [4.78, 5) is 15.0. The van der Waals surface area contributed by atoms with Crippen molar-refractivity contribution in [2.45, 2.75) is 37.6 Å². The van der Waals surface area contributed by atoms with Crippen molar-refractivity contribution in [3.8, 4) is 0 Å². The van der Waals surface area contributed by atoms with Crippen LogP contribution in [0, 0.1) is 0 Å². The van der Waals surface area contributed by atoms with E-state index in [2.05, 4.69) is 20.4 Å². The van der Waals surface area contributed by atoms with Crippen LogP contribution in [-0.4, -0.2) is 35.2 Å². The van der Waals surface area contributed by atoms with E-state index in [1.54, 1.807) is 0 Å². The summed E-state index contributed by atoms with van der Waals surface area (Å²) in [5, 5.41) is 11.1. The van der Waals surface area contributed by atoms with E-state index >= 15 is 0 Å². The first-order valence-electron chi connectivity index (χ1n) is 8.54. The summed E-state index contributed by atoms with van der Waals surface area (Å²) < 4.78 is 0. The fourth-order valence-corrected chi connectivity index (χ4v) is 3.93. The Morgan fingerprint density at radius 3 is 2.96 bits per heavy atom. The molecule has 1 fully saturated rings. The van der Waals surface area contributed by atoms with Crippen molar-refractivity contribution in [2.75, 3.05) is 18.0 Å². The van der Waals surface area contributed by atoms with Crippen molar-refractivity contribution in [3.63, 3.8) is 0 Å². The van der Waals surface area contributed by atoms with Crippen molar-refractivity contribution in [2.24, 2.45) is 0 Å². The van der Waals surface area contributed by atoms with Crippen LogP contribution in [-0.2, 0) is 11.2 Å². The van der Waals surface area contributed by atoms with Crippen molar-refractivity contribution < 1.29 is 4.79 Å². The number of benzene rings is 1. The maximum Gasteiger partial charge on any atom is 0.227 e. The average Bonchev–Trinajstić information content (AvgIpc) is 3.24. The highest BCUT2D eigenvalue weighted by Gasteiger charge is 2.31. The first-order valence-corrected chi connectivity index (χ1v) is 8.91. The van der Waals surface area contributed by atoms with Gasteiger partial charge in [0.1, 0.15) is 0 Å². The molecule has 5 nitrogen and oxygen atoms in total. The maximum atomic E-state index is 12.7. The van der Waals surface area contributed by atoms with E-state index in [0.29, 0.717) is 0 Å². The highest BCUT2D eigenvalue weighted by Crippen LogP contribution is 2.31. The first kappa shape index (κ1) is 15.5. The molecule has 2 aliphatic rings. The van der Waals surface area contributed by atoms with Gasteiger partial charge in [-0.25, -0.2) is 0 Å². The predicted octanol–water partition coefficient (Wildman–Crippen LogP) is 2.88. The van der Waals surface area contributed by atoms with Crippen molar-refractivity contribution in [1.29, 1.82) is 0 Å². The Kier molecular flexibility index (Phi) is 4.19. The van der Waals surface area contributed by atoms with Gasteiger partial charge in [-0.2, -0.15) is 5.10 Å². The molecular weight excluding hydrogens is 324 g/mol. The van der Waals surface area contributed by atoms with Crippen LogP contribution in [0.2, 0.25) is 5.02 Å². The average molecular weight is 345 g/mol. The summed E-state index contributed by atoms with van der Waals surface area (Å²) >= 11 is 5.95. The lowest BCUT2D eigenvalue weighted by Crippen LogP contribution is -2.40. The minimum Gasteiger partial charge on any atom is -0.369 e. The van der Waals surface area contributed by atoms with Gasteiger partial charge in [0.2, 0.25) is 5.91 Å². The number of rotatable bonds is 3. The zero-order chi connectivity index (χ0) is 16.5. The highest BCUT2D eigenvalue weighted by molar-refractivity contribution is 6.30. The topological polar surface area (TPSA) is 61.0 Å². The zero-order valence-corrected chi connectivity index (χ0v) is 14.2. The van der Waals surface area contributed by atoms with Crippen LogP contribution in [0.25, 0.3) is 0 Å². The number of hydrogen-bond acceptors (Lipinski definition) is 3. The summed E-state index contributed by atoms with van der Waals surface area (Å²) in [7, 11) is 0. The third-order valence-corrected chi connectivity index (χ3v) is 5.34. The van der Waals surface area contributed by atoms with E-state index in [1.807, 2.05) is 30.5 Å². The Morgan fingerprint density at radius 2 is 2.12 bits per heavy atom. The van der Waals surface area contributed by atoms with Gasteiger partial charge in [0.25, 0.3) is 0 Å². The Hall–Kier alpha value is -2.01. The van der Waals surface area contributed by atoms with Gasteiger partial charge in [0.05, 0.1) is 12.1 Å². The second kappa shape index (κ2) is 6.48. The fourth-order valence-electron chi connectivity index (χ4n) is 3.80. The van der Waals surface area contributed by atoms with Crippen molar-refractivity contribution in [3.05, 3.63) is 46.7 Å². The molecule has 4 rings (SSSR count). The van der Waals surface area contributed by atoms with Gasteiger partial charge in [-0.3, -0.25) is 9.89 Å². The quantitative estimate of drug-likeness (QED) is 0.900. The number of amides is 1. The summed E-state index contributed by atoms with van der Waals surface area (Å²) in [6, 6.07) is 8.08. The standard InChI is InChI=1S/C18H21ClN4O/c19-12-4-6-14(7-5-12)23-9-8-13(11-23)21-18(24)15-2-1-3-17-16(15)10-20-22-17/h4-7,10,13,15H,1-3,8-9,11H2,(H,20,22)(H,21,24)/t13-,15+/m0/s1. The molecule has 1 aromatic heterocycles. The van der Waals surface area contributed by atoms with E-state index in [9.17, 15) is 4.79 Å². The molecule has 2 aromatic rings. The molecule has 0 radical (unpaired) electrons. The van der Waals surface area contributed by atoms with Gasteiger partial charge < -0.3 is 10.2 Å². The second-order valence-corrected chi connectivity index (χ2v) is 7.10. The van der Waals surface area contributed by atoms with Crippen LogP contribution >= 0.6 is 11.6 Å². The maximum absolute atomic E-state index is 12.7. The molecule has 0 unspecified atom stereocenters. The molecule has 1 aliphatic heterocycles. The van der Waals surface area contributed by atoms with E-state index in [0.717, 1.165) is 60.7 Å². The van der Waals surface area contributed by atoms with Gasteiger partial charge in [0, 0.05) is 41.1 Å². The molecule has 2 heterocycles. The molecular formula is C18H21ClN4O. The van der Waals surface area contributed by atoms with Crippen LogP contribution in [0.5, 0.6) is 0 Å². The third-order valence-electron chi connectivity index (χ3n) is 5.09. The summed E-state index contributed by atoms with van der Waals surface area (Å²) in [6.07, 6.45) is 5.72. The number of nitrogens with one attached hydrogen (secondary N) is 2. The number of aromatic amines is 1. The number of nitrogens with zero attached hydrogens (tertiary/aromatic N) is 2. The van der Waals surface area contributed by atoms with Crippen molar-refractivity contribution in [1.82, 2.24) is 15.5 Å². The smallest absolute Gasteiger partial charge is 0.227 e. The van der Waals surface area contributed by atoms with E-state index in [-0.39, 0.29) is 17.9 Å². The predicted molar refractivity (Wildman–Crippen MR) is 94.5 cm³/mol. The van der Waals surface area contributed by atoms with E-state index in [1.165, 1.54) is 0 Å². The molecule has 0 saturated carbocycles.